The van der Waals surface area contributed by atoms with Gasteiger partial charge in [-0.2, -0.15) is 5.10 Å². The molecule has 0 bridgehead atoms. The van der Waals surface area contributed by atoms with Crippen LogP contribution in [0.3, 0.4) is 0 Å². The second-order valence-corrected chi connectivity index (χ2v) is 7.77. The van der Waals surface area contributed by atoms with Gasteiger partial charge in [0, 0.05) is 27.1 Å². The predicted molar refractivity (Wildman–Crippen MR) is 123 cm³/mol. The number of hydrazone groups is 1. The Morgan fingerprint density at radius 1 is 0.935 bits per heavy atom. The molecular formula is C23H22N4O3S. The van der Waals surface area contributed by atoms with Gasteiger partial charge in [0.25, 0.3) is 11.8 Å². The summed E-state index contributed by atoms with van der Waals surface area (Å²) < 4.78 is 0. The largest absolute Gasteiger partial charge is 0.366 e. The number of aryl methyl sites for hydroxylation is 1. The minimum atomic E-state index is -0.558. The lowest BCUT2D eigenvalue weighted by Gasteiger charge is -2.07. The molecule has 3 aromatic rings. The number of carbonyl (C=O) groups is 3. The van der Waals surface area contributed by atoms with E-state index >= 15 is 0 Å². The van der Waals surface area contributed by atoms with Crippen LogP contribution in [0.15, 0.2) is 65.1 Å². The van der Waals surface area contributed by atoms with Crippen molar-refractivity contribution in [2.24, 2.45) is 10.8 Å². The van der Waals surface area contributed by atoms with E-state index in [1.807, 2.05) is 24.4 Å². The van der Waals surface area contributed by atoms with Crippen molar-refractivity contribution < 1.29 is 14.4 Å². The zero-order valence-electron chi connectivity index (χ0n) is 17.1. The van der Waals surface area contributed by atoms with Gasteiger partial charge in [0.15, 0.2) is 0 Å². The van der Waals surface area contributed by atoms with Crippen LogP contribution in [0.2, 0.25) is 0 Å². The van der Waals surface area contributed by atoms with E-state index in [4.69, 9.17) is 5.73 Å². The summed E-state index contributed by atoms with van der Waals surface area (Å²) in [6.45, 7) is 3.80. The topological polar surface area (TPSA) is 114 Å². The van der Waals surface area contributed by atoms with Gasteiger partial charge < -0.3 is 11.1 Å². The maximum atomic E-state index is 12.4. The molecule has 0 radical (unpaired) electrons. The highest BCUT2D eigenvalue weighted by molar-refractivity contribution is 7.10. The molecule has 0 unspecified atom stereocenters. The molecule has 0 saturated carbocycles. The van der Waals surface area contributed by atoms with E-state index in [1.165, 1.54) is 24.3 Å². The number of thiophene rings is 1. The maximum absolute atomic E-state index is 12.4. The van der Waals surface area contributed by atoms with Crippen LogP contribution in [0.1, 0.15) is 55.4 Å². The number of rotatable bonds is 7. The van der Waals surface area contributed by atoms with Crippen molar-refractivity contribution in [3.05, 3.63) is 87.1 Å². The van der Waals surface area contributed by atoms with Gasteiger partial charge in [0.1, 0.15) is 0 Å². The van der Waals surface area contributed by atoms with E-state index in [-0.39, 0.29) is 5.91 Å². The molecule has 31 heavy (non-hydrogen) atoms. The quantitative estimate of drug-likeness (QED) is 0.388. The molecule has 1 aromatic heterocycles. The number of hydrogen-bond donors (Lipinski definition) is 3. The summed E-state index contributed by atoms with van der Waals surface area (Å²) in [6, 6.07) is 15.1. The highest BCUT2D eigenvalue weighted by atomic mass is 32.1. The van der Waals surface area contributed by atoms with E-state index in [0.29, 0.717) is 28.1 Å². The number of benzene rings is 2. The van der Waals surface area contributed by atoms with Crippen LogP contribution in [0.25, 0.3) is 0 Å². The third kappa shape index (κ3) is 5.64. The van der Waals surface area contributed by atoms with E-state index < -0.39 is 11.8 Å². The van der Waals surface area contributed by atoms with Gasteiger partial charge in [-0.05, 0) is 61.4 Å². The molecule has 0 atom stereocenters. The third-order valence-electron chi connectivity index (χ3n) is 4.56. The summed E-state index contributed by atoms with van der Waals surface area (Å²) in [5.74, 6) is -1.14. The summed E-state index contributed by atoms with van der Waals surface area (Å²) in [4.78, 5) is 37.0. The molecule has 0 saturated heterocycles. The summed E-state index contributed by atoms with van der Waals surface area (Å²) in [7, 11) is 0. The normalized spacial score (nSPS) is 11.1. The summed E-state index contributed by atoms with van der Waals surface area (Å²) in [6.07, 6.45) is 0.893. The van der Waals surface area contributed by atoms with Crippen LogP contribution in [-0.2, 0) is 6.42 Å². The monoisotopic (exact) mass is 434 g/mol. The number of primary amides is 1. The zero-order chi connectivity index (χ0) is 22.4. The molecular weight excluding hydrogens is 412 g/mol. The van der Waals surface area contributed by atoms with Gasteiger partial charge in [-0.25, -0.2) is 5.43 Å². The summed E-state index contributed by atoms with van der Waals surface area (Å²) in [5, 5.41) is 8.86. The molecule has 1 heterocycles. The maximum Gasteiger partial charge on any atom is 0.271 e. The fourth-order valence-corrected chi connectivity index (χ4v) is 3.58. The second kappa shape index (κ2) is 9.82. The smallest absolute Gasteiger partial charge is 0.271 e. The lowest BCUT2D eigenvalue weighted by Crippen LogP contribution is -2.20. The molecule has 158 valence electrons. The molecule has 3 rings (SSSR count). The SMILES string of the molecule is CCc1cc(C(=O)Nc2cccc(/C(C)=N\NC(=O)c3ccc(C(N)=O)cc3)c2)cs1. The van der Waals surface area contributed by atoms with Crippen LogP contribution in [-0.4, -0.2) is 23.4 Å². The average Bonchev–Trinajstić information content (AvgIpc) is 3.27. The van der Waals surface area contributed by atoms with Crippen LogP contribution < -0.4 is 16.5 Å². The first-order valence-corrected chi connectivity index (χ1v) is 10.5. The van der Waals surface area contributed by atoms with Crippen molar-refractivity contribution in [3.8, 4) is 0 Å². The van der Waals surface area contributed by atoms with Gasteiger partial charge in [0.05, 0.1) is 11.3 Å². The van der Waals surface area contributed by atoms with E-state index in [9.17, 15) is 14.4 Å². The Morgan fingerprint density at radius 3 is 2.29 bits per heavy atom. The van der Waals surface area contributed by atoms with E-state index in [2.05, 4.69) is 15.8 Å². The molecule has 0 fully saturated rings. The number of amides is 3. The molecule has 0 spiro atoms. The van der Waals surface area contributed by atoms with E-state index in [1.54, 1.807) is 36.5 Å². The minimum Gasteiger partial charge on any atom is -0.366 e. The van der Waals surface area contributed by atoms with Gasteiger partial charge in [0.2, 0.25) is 5.91 Å². The second-order valence-electron chi connectivity index (χ2n) is 6.77. The predicted octanol–water partition coefficient (Wildman–Crippen LogP) is 3.82. The Kier molecular flexibility index (Phi) is 6.94. The number of anilines is 1. The van der Waals surface area contributed by atoms with Crippen LogP contribution in [0.4, 0.5) is 5.69 Å². The standard InChI is InChI=1S/C23H22N4O3S/c1-3-20-12-18(13-31-20)22(29)25-19-6-4-5-17(11-19)14(2)26-27-23(30)16-9-7-15(8-10-16)21(24)28/h4-13H,3H2,1-2H3,(H2,24,28)(H,25,29)(H,27,30)/b26-14-. The van der Waals surface area contributed by atoms with Crippen molar-refractivity contribution in [2.75, 3.05) is 5.32 Å². The molecule has 0 aliphatic rings. The van der Waals surface area contributed by atoms with Gasteiger partial charge >= 0.3 is 0 Å². The van der Waals surface area contributed by atoms with Crippen molar-refractivity contribution in [1.82, 2.24) is 5.43 Å². The van der Waals surface area contributed by atoms with Gasteiger partial charge in [-0.15, -0.1) is 11.3 Å². The number of nitrogens with zero attached hydrogens (tertiary/aromatic N) is 1. The fraction of sp³-hybridized carbons (Fsp3) is 0.130. The molecule has 7 nitrogen and oxygen atoms in total. The van der Waals surface area contributed by atoms with Gasteiger partial charge in [-0.1, -0.05) is 19.1 Å². The first-order chi connectivity index (χ1) is 14.9. The zero-order valence-corrected chi connectivity index (χ0v) is 18.0. The van der Waals surface area contributed by atoms with Crippen molar-refractivity contribution in [2.45, 2.75) is 20.3 Å². The van der Waals surface area contributed by atoms with E-state index in [0.717, 1.165) is 16.9 Å². The van der Waals surface area contributed by atoms with Gasteiger partial charge in [-0.3, -0.25) is 14.4 Å². The third-order valence-corrected chi connectivity index (χ3v) is 5.64. The Bertz CT molecular complexity index is 1150. The summed E-state index contributed by atoms with van der Waals surface area (Å²) >= 11 is 1.56. The number of carbonyl (C=O) groups excluding carboxylic acids is 3. The average molecular weight is 435 g/mol. The van der Waals surface area contributed by atoms with Crippen molar-refractivity contribution in [1.29, 1.82) is 0 Å². The molecule has 4 N–H and O–H groups in total. The first kappa shape index (κ1) is 21.9. The van der Waals surface area contributed by atoms with Crippen LogP contribution >= 0.6 is 11.3 Å². The lowest BCUT2D eigenvalue weighted by atomic mass is 10.1. The van der Waals surface area contributed by atoms with Crippen LogP contribution in [0.5, 0.6) is 0 Å². The molecule has 0 aliphatic carbocycles. The molecule has 0 aliphatic heterocycles. The number of nitrogens with one attached hydrogen (secondary N) is 2. The Labute approximate surface area is 184 Å². The fourth-order valence-electron chi connectivity index (χ4n) is 2.76. The Morgan fingerprint density at radius 2 is 1.65 bits per heavy atom. The highest BCUT2D eigenvalue weighted by Gasteiger charge is 2.10. The Hall–Kier alpha value is -3.78. The molecule has 2 aromatic carbocycles. The molecule has 8 heteroatoms. The number of nitrogens with two attached hydrogens (primary N) is 1. The van der Waals surface area contributed by atoms with Crippen molar-refractivity contribution >= 4 is 40.5 Å². The number of hydrogen-bond acceptors (Lipinski definition) is 5. The van der Waals surface area contributed by atoms with Crippen LogP contribution in [0, 0.1) is 0 Å². The minimum absolute atomic E-state index is 0.171. The lowest BCUT2D eigenvalue weighted by molar-refractivity contribution is 0.0951. The highest BCUT2D eigenvalue weighted by Crippen LogP contribution is 2.18. The summed E-state index contributed by atoms with van der Waals surface area (Å²) in [5.41, 5.74) is 10.9. The first-order valence-electron chi connectivity index (χ1n) is 9.61. The van der Waals surface area contributed by atoms with Crippen molar-refractivity contribution in [3.63, 3.8) is 0 Å². The Balaban J connectivity index is 1.66. The molecule has 3 amide bonds.